The molecule has 0 radical (unpaired) electrons. The summed E-state index contributed by atoms with van der Waals surface area (Å²) in [7, 11) is 1.53. The number of nitrogen functional groups attached to an aromatic ring is 4. The van der Waals surface area contributed by atoms with Crippen molar-refractivity contribution in [3.05, 3.63) is 228 Å². The zero-order chi connectivity index (χ0) is 80.0. The Hall–Kier alpha value is -11.4. The SMILES string of the molecule is CNC(=O)c1cnc(N)nc1N[C@@H](C)c1cc2cccc(Cl)c2c(=O)n1C1CC1.C[C@H](Nc1cc(N)nc(Cl)n1)c1cc2cccc(Cl)c2c(=O)n1C1CC1.C[C@H](Nc1nc(N)ncc1C(F)(F)F)c1cc2cccc(Cl)c2c(=O)n1C1CC1.C[C@H](Nc1nc(N)ncc1C(N)=O)c1cc2cccc(Cl)c2c(=O)n1C1CC1. The van der Waals surface area contributed by atoms with Crippen LogP contribution in [0.3, 0.4) is 0 Å². The van der Waals surface area contributed by atoms with Crippen LogP contribution >= 0.6 is 58.0 Å². The number of aromatic nitrogens is 12. The highest BCUT2D eigenvalue weighted by atomic mass is 35.5. The maximum absolute atomic E-state index is 13.3. The molecule has 4 aliphatic rings. The fraction of sp³-hybridized carbons (Fsp3) is 0.289. The van der Waals surface area contributed by atoms with Crippen molar-refractivity contribution in [3.8, 4) is 0 Å². The number of nitrogens with one attached hydrogen (secondary N) is 5. The number of benzene rings is 4. The molecule has 16 rings (SSSR count). The summed E-state index contributed by atoms with van der Waals surface area (Å²) in [5, 5.41) is 21.7. The number of hydrogen-bond acceptors (Lipinski definition) is 22. The number of fused-ring (bicyclic) bond motifs is 4. The second-order valence-electron chi connectivity index (χ2n) is 27.5. The number of nitrogens with zero attached hydrogens (tertiary/aromatic N) is 12. The van der Waals surface area contributed by atoms with Gasteiger partial charge in [-0.05, 0) is 161 Å². The van der Waals surface area contributed by atoms with Crippen LogP contribution in [0, 0.1) is 0 Å². The van der Waals surface area contributed by atoms with E-state index in [-0.39, 0.29) is 116 Å². The number of primary amides is 1. The van der Waals surface area contributed by atoms with E-state index in [1.54, 1.807) is 69.2 Å². The minimum Gasteiger partial charge on any atom is -0.383 e. The van der Waals surface area contributed by atoms with Gasteiger partial charge in [-0.3, -0.25) is 28.8 Å². The topological polar surface area (TPSA) is 416 Å². The molecule has 580 valence electrons. The second kappa shape index (κ2) is 32.1. The highest BCUT2D eigenvalue weighted by molar-refractivity contribution is 6.37. The Balaban J connectivity index is 0.000000131. The Bertz CT molecular complexity index is 5970. The van der Waals surface area contributed by atoms with E-state index >= 15 is 0 Å². The minimum atomic E-state index is -4.65. The van der Waals surface area contributed by atoms with E-state index in [0.717, 1.165) is 84.6 Å². The van der Waals surface area contributed by atoms with Crippen molar-refractivity contribution in [1.82, 2.24) is 63.5 Å². The maximum Gasteiger partial charge on any atom is 0.421 e. The smallest absolute Gasteiger partial charge is 0.383 e. The van der Waals surface area contributed by atoms with Crippen LogP contribution in [0.5, 0.6) is 0 Å². The van der Waals surface area contributed by atoms with Crippen LogP contribution in [0.4, 0.5) is 60.1 Å². The van der Waals surface area contributed by atoms with Crippen LogP contribution in [0.1, 0.15) is 176 Å². The third-order valence-electron chi connectivity index (χ3n) is 19.3. The van der Waals surface area contributed by atoms with Gasteiger partial charge in [0, 0.05) is 78.6 Å². The lowest BCUT2D eigenvalue weighted by atomic mass is 10.1. The molecule has 4 aromatic carbocycles. The molecule has 4 aliphatic carbocycles. The number of alkyl halides is 3. The van der Waals surface area contributed by atoms with Crippen LogP contribution in [-0.4, -0.2) is 77.0 Å². The zero-order valence-electron chi connectivity index (χ0n) is 60.5. The fourth-order valence-electron chi connectivity index (χ4n) is 13.4. The van der Waals surface area contributed by atoms with Crippen molar-refractivity contribution in [2.75, 3.05) is 51.2 Å². The van der Waals surface area contributed by atoms with Gasteiger partial charge in [-0.1, -0.05) is 94.9 Å². The van der Waals surface area contributed by atoms with Gasteiger partial charge in [0.05, 0.1) is 71.4 Å². The molecule has 36 heteroatoms. The monoisotopic (exact) mass is 1620 g/mol. The number of hydrogen-bond donors (Lipinski definition) is 10. The number of nitrogens with two attached hydrogens (primary N) is 5. The molecule has 0 aliphatic heterocycles. The van der Waals surface area contributed by atoms with Crippen molar-refractivity contribution in [2.24, 2.45) is 5.73 Å². The number of halogens is 8. The van der Waals surface area contributed by atoms with Crippen LogP contribution in [0.2, 0.25) is 25.4 Å². The molecule has 28 nitrogen and oxygen atoms in total. The summed E-state index contributed by atoms with van der Waals surface area (Å²) >= 11 is 31.0. The normalized spacial score (nSPS) is 15.0. The van der Waals surface area contributed by atoms with Gasteiger partial charge in [-0.15, -0.1) is 0 Å². The van der Waals surface area contributed by atoms with Crippen LogP contribution in [0.25, 0.3) is 43.1 Å². The van der Waals surface area contributed by atoms with Crippen molar-refractivity contribution in [2.45, 2.75) is 134 Å². The maximum atomic E-state index is 13.3. The third-order valence-corrected chi connectivity index (χ3v) is 20.7. The molecule has 12 aromatic rings. The number of rotatable bonds is 18. The molecular formula is C76H74Cl5F3N22O6. The Labute approximate surface area is 660 Å². The highest BCUT2D eigenvalue weighted by Crippen LogP contribution is 2.43. The first kappa shape index (κ1) is 78.7. The lowest BCUT2D eigenvalue weighted by molar-refractivity contribution is -0.137. The van der Waals surface area contributed by atoms with Gasteiger partial charge in [-0.2, -0.15) is 28.1 Å². The zero-order valence-corrected chi connectivity index (χ0v) is 64.3. The summed E-state index contributed by atoms with van der Waals surface area (Å²) in [5.41, 5.74) is 29.9. The number of anilines is 8. The summed E-state index contributed by atoms with van der Waals surface area (Å²) in [4.78, 5) is 108. The molecule has 15 N–H and O–H groups in total. The van der Waals surface area contributed by atoms with Gasteiger partial charge < -0.3 is 73.5 Å². The molecule has 0 spiro atoms. The van der Waals surface area contributed by atoms with Crippen molar-refractivity contribution >= 4 is 160 Å². The van der Waals surface area contributed by atoms with Crippen LogP contribution in [-0.2, 0) is 6.18 Å². The molecule has 2 amide bonds. The summed E-state index contributed by atoms with van der Waals surface area (Å²) in [5.74, 6) is -0.304. The van der Waals surface area contributed by atoms with Gasteiger partial charge in [0.15, 0.2) is 0 Å². The first-order valence-electron chi connectivity index (χ1n) is 35.5. The summed E-state index contributed by atoms with van der Waals surface area (Å²) in [6.07, 6.45) is 6.04. The second-order valence-corrected chi connectivity index (χ2v) is 29.5. The Morgan fingerprint density at radius 2 is 0.759 bits per heavy atom. The molecule has 8 aromatic heterocycles. The average Bonchev–Trinajstić information content (AvgIpc) is 1.43. The third kappa shape index (κ3) is 16.9. The largest absolute Gasteiger partial charge is 0.421 e. The highest BCUT2D eigenvalue weighted by Gasteiger charge is 2.38. The van der Waals surface area contributed by atoms with Crippen molar-refractivity contribution in [1.29, 1.82) is 0 Å². The molecule has 4 atom stereocenters. The molecule has 4 fully saturated rings. The lowest BCUT2D eigenvalue weighted by Gasteiger charge is -2.23. The van der Waals surface area contributed by atoms with Gasteiger partial charge in [0.25, 0.3) is 34.1 Å². The van der Waals surface area contributed by atoms with Gasteiger partial charge in [-0.25, -0.2) is 24.9 Å². The van der Waals surface area contributed by atoms with Crippen molar-refractivity contribution in [3.63, 3.8) is 0 Å². The van der Waals surface area contributed by atoms with E-state index in [2.05, 4.69) is 66.5 Å². The molecule has 0 saturated heterocycles. The number of amides is 2. The van der Waals surface area contributed by atoms with E-state index in [0.29, 0.717) is 70.5 Å². The molecule has 8 heterocycles. The number of pyridine rings is 4. The molecule has 4 saturated carbocycles. The minimum absolute atomic E-state index is 0.0000204. The standard InChI is InChI=1S/C20H21ClN6O2.C19H17ClF3N5O.C19H19ClN6O2.C18H17Cl2N5O/c1-10(25-17-13(18(28)23-2)9-24-20(22)26-17)15-8-11-4-3-5-14(21)16(11)19(29)27(15)12-6-7-12;1-9(26-16-12(19(21,22)23)8-25-18(24)27-16)14-7-10-3-2-4-13(20)15(10)17(29)28(14)11-5-6-11;1-9(24-17-12(16(21)27)8-23-19(22)25-17)14-7-10-3-2-4-13(20)15(10)18(28)26(14)11-5-6-11;1-9(22-15-8-14(21)23-18(20)24-15)13-7-10-3-2-4-12(19)16(10)17(26)25(13)11-5-6-11/h3-5,8-10,12H,6-7H2,1-2H3,(H,23,28)(H3,22,24,25,26);2-4,7-9,11H,5-6H2,1H3,(H3,24,25,26,27);2-4,7-9,11H,5-6H2,1H3,(H2,21,27)(H3,22,23,24,25);2-4,7-9,11H,5-6H2,1H3,(H3,21,22,23,24)/t10-;3*9-/m0000/s1. The number of carbonyl (C=O) groups excluding carboxylic acids is 2. The summed E-state index contributed by atoms with van der Waals surface area (Å²) in [6.45, 7) is 7.43. The predicted molar refractivity (Wildman–Crippen MR) is 432 cm³/mol. The van der Waals surface area contributed by atoms with Crippen LogP contribution in [0.15, 0.2) is 141 Å². The summed E-state index contributed by atoms with van der Waals surface area (Å²) in [6, 6.07) is 29.7. The average molecular weight is 1630 g/mol. The molecular weight excluding hydrogens is 1550 g/mol. The molecule has 112 heavy (non-hydrogen) atoms. The van der Waals surface area contributed by atoms with E-state index in [9.17, 15) is 41.9 Å². The predicted octanol–water partition coefficient (Wildman–Crippen LogP) is 14.3. The first-order chi connectivity index (χ1) is 53.4. The quantitative estimate of drug-likeness (QED) is 0.0357. The van der Waals surface area contributed by atoms with Gasteiger partial charge in [0.2, 0.25) is 23.1 Å². The van der Waals surface area contributed by atoms with Crippen molar-refractivity contribution < 1.29 is 22.8 Å². The van der Waals surface area contributed by atoms with Gasteiger partial charge >= 0.3 is 6.18 Å². The fourth-order valence-corrected chi connectivity index (χ4v) is 14.7. The van der Waals surface area contributed by atoms with Gasteiger partial charge in [0.1, 0.15) is 40.2 Å². The van der Waals surface area contributed by atoms with Crippen LogP contribution < -0.4 is 77.5 Å². The molecule has 0 bridgehead atoms. The first-order valence-corrected chi connectivity index (χ1v) is 37.4. The Morgan fingerprint density at radius 1 is 0.446 bits per heavy atom. The lowest BCUT2D eigenvalue weighted by Crippen LogP contribution is -2.27. The van der Waals surface area contributed by atoms with E-state index in [1.807, 2.05) is 79.9 Å². The summed E-state index contributed by atoms with van der Waals surface area (Å²) < 4.78 is 47.0. The molecule has 0 unspecified atom stereocenters. The van der Waals surface area contributed by atoms with E-state index in [1.165, 1.54) is 19.4 Å². The Morgan fingerprint density at radius 3 is 1.08 bits per heavy atom. The Kier molecular flexibility index (Phi) is 22.6. The number of carbonyl (C=O) groups is 2. The van der Waals surface area contributed by atoms with E-state index < -0.39 is 29.5 Å². The van der Waals surface area contributed by atoms with E-state index in [4.69, 9.17) is 86.7 Å².